The number of para-hydroxylation sites is 2. The van der Waals surface area contributed by atoms with E-state index in [-0.39, 0.29) is 45.3 Å². The number of carbonyl (C=O) groups is 3. The highest BCUT2D eigenvalue weighted by atomic mass is 16.5. The molecule has 0 aromatic heterocycles. The first-order valence-electron chi connectivity index (χ1n) is 10.4. The smallest absolute Gasteiger partial charge is 0.255 e. The lowest BCUT2D eigenvalue weighted by Crippen LogP contribution is -2.22. The fraction of sp³-hybridized carbons (Fsp3) is 0. The Labute approximate surface area is 194 Å². The highest BCUT2D eigenvalue weighted by molar-refractivity contribution is 6.31. The van der Waals surface area contributed by atoms with Crippen molar-refractivity contribution < 1.29 is 24.2 Å². The summed E-state index contributed by atoms with van der Waals surface area (Å²) in [7, 11) is 0. The number of nitrogen functional groups attached to an aromatic ring is 1. The Morgan fingerprint density at radius 2 is 1.35 bits per heavy atom. The normalized spacial score (nSPS) is 12.0. The van der Waals surface area contributed by atoms with Crippen molar-refractivity contribution in [2.45, 2.75) is 0 Å². The number of phenols is 1. The Morgan fingerprint density at radius 3 is 2.06 bits per heavy atom. The minimum Gasteiger partial charge on any atom is -0.507 e. The summed E-state index contributed by atoms with van der Waals surface area (Å²) in [6.07, 6.45) is 0. The highest BCUT2D eigenvalue weighted by Crippen LogP contribution is 2.43. The molecular weight excluding hydrogens is 432 g/mol. The number of hydrogen-bond acceptors (Lipinski definition) is 6. The second-order valence-electron chi connectivity index (χ2n) is 7.68. The van der Waals surface area contributed by atoms with Crippen LogP contribution in [-0.4, -0.2) is 22.6 Å². The van der Waals surface area contributed by atoms with E-state index in [0.717, 1.165) is 0 Å². The van der Waals surface area contributed by atoms with Gasteiger partial charge in [-0.1, -0.05) is 54.6 Å². The van der Waals surface area contributed by atoms with Crippen LogP contribution in [0.1, 0.15) is 42.2 Å². The molecule has 7 heteroatoms. The van der Waals surface area contributed by atoms with E-state index in [9.17, 15) is 19.5 Å². The number of benzene rings is 4. The van der Waals surface area contributed by atoms with Gasteiger partial charge in [-0.2, -0.15) is 0 Å². The summed E-state index contributed by atoms with van der Waals surface area (Å²) >= 11 is 0. The van der Waals surface area contributed by atoms with E-state index in [1.807, 2.05) is 6.07 Å². The molecule has 0 saturated heterocycles. The molecule has 0 fully saturated rings. The van der Waals surface area contributed by atoms with Gasteiger partial charge in [-0.3, -0.25) is 14.4 Å². The van der Waals surface area contributed by atoms with Crippen LogP contribution in [0.3, 0.4) is 0 Å². The molecule has 1 aliphatic rings. The van der Waals surface area contributed by atoms with E-state index in [1.54, 1.807) is 60.7 Å². The van der Waals surface area contributed by atoms with Gasteiger partial charge in [0.2, 0.25) is 0 Å². The molecular formula is C27H18N2O5. The summed E-state index contributed by atoms with van der Waals surface area (Å²) in [5.41, 5.74) is 7.18. The third kappa shape index (κ3) is 3.45. The van der Waals surface area contributed by atoms with Gasteiger partial charge in [0.15, 0.2) is 23.1 Å². The summed E-state index contributed by atoms with van der Waals surface area (Å²) in [4.78, 5) is 38.7. The average Bonchev–Trinajstić information content (AvgIpc) is 2.86. The Bertz CT molecular complexity index is 1480. The minimum absolute atomic E-state index is 0.0156. The molecule has 0 unspecified atom stereocenters. The van der Waals surface area contributed by atoms with Crippen molar-refractivity contribution in [2.24, 2.45) is 0 Å². The molecule has 166 valence electrons. The van der Waals surface area contributed by atoms with E-state index < -0.39 is 17.3 Å². The summed E-state index contributed by atoms with van der Waals surface area (Å²) < 4.78 is 5.93. The first kappa shape index (κ1) is 21.0. The third-order valence-corrected chi connectivity index (χ3v) is 5.57. The Hall–Kier alpha value is -4.91. The number of nitrogens with one attached hydrogen (secondary N) is 1. The third-order valence-electron chi connectivity index (χ3n) is 5.57. The van der Waals surface area contributed by atoms with Crippen LogP contribution in [0.25, 0.3) is 0 Å². The van der Waals surface area contributed by atoms with Crippen LogP contribution in [-0.2, 0) is 0 Å². The molecule has 1 amide bonds. The van der Waals surface area contributed by atoms with Gasteiger partial charge in [0, 0.05) is 22.8 Å². The molecule has 34 heavy (non-hydrogen) atoms. The number of anilines is 2. The molecule has 0 bridgehead atoms. The number of aromatic hydroxyl groups is 1. The first-order chi connectivity index (χ1) is 16.5. The van der Waals surface area contributed by atoms with Gasteiger partial charge in [0.25, 0.3) is 5.91 Å². The number of nitrogens with two attached hydrogens (primary N) is 1. The van der Waals surface area contributed by atoms with E-state index >= 15 is 0 Å². The number of hydrogen-bond donors (Lipinski definition) is 3. The zero-order valence-electron chi connectivity index (χ0n) is 17.7. The lowest BCUT2D eigenvalue weighted by Gasteiger charge is -2.22. The SMILES string of the molecule is Nc1c(Oc2ccccc2NC(=O)c2ccccc2)cc(O)c2c1C(=O)c1ccccc1C2=O. The Kier molecular flexibility index (Phi) is 5.07. The number of amides is 1. The molecule has 0 spiro atoms. The monoisotopic (exact) mass is 450 g/mol. The molecule has 0 atom stereocenters. The summed E-state index contributed by atoms with van der Waals surface area (Å²) in [5.74, 6) is -1.50. The van der Waals surface area contributed by atoms with Crippen molar-refractivity contribution in [1.82, 2.24) is 0 Å². The summed E-state index contributed by atoms with van der Waals surface area (Å²) in [6.45, 7) is 0. The van der Waals surface area contributed by atoms with Gasteiger partial charge in [0.05, 0.1) is 22.5 Å². The topological polar surface area (TPSA) is 119 Å². The van der Waals surface area contributed by atoms with E-state index in [0.29, 0.717) is 11.3 Å². The molecule has 0 heterocycles. The molecule has 1 aliphatic carbocycles. The maximum absolute atomic E-state index is 13.1. The van der Waals surface area contributed by atoms with Crippen LogP contribution in [0.5, 0.6) is 17.2 Å². The molecule has 4 aromatic rings. The zero-order valence-corrected chi connectivity index (χ0v) is 17.7. The Morgan fingerprint density at radius 1 is 0.765 bits per heavy atom. The minimum atomic E-state index is -0.489. The highest BCUT2D eigenvalue weighted by Gasteiger charge is 2.35. The van der Waals surface area contributed by atoms with Crippen molar-refractivity contribution in [3.05, 3.63) is 113 Å². The Balaban J connectivity index is 1.53. The van der Waals surface area contributed by atoms with Crippen molar-refractivity contribution in [3.8, 4) is 17.2 Å². The largest absolute Gasteiger partial charge is 0.507 e. The second kappa shape index (κ2) is 8.22. The van der Waals surface area contributed by atoms with Crippen LogP contribution in [0, 0.1) is 0 Å². The summed E-state index contributed by atoms with van der Waals surface area (Å²) in [5, 5.41) is 13.4. The molecule has 0 radical (unpaired) electrons. The van der Waals surface area contributed by atoms with Crippen LogP contribution >= 0.6 is 0 Å². The molecule has 4 N–H and O–H groups in total. The standard InChI is InChI=1S/C27H18N2O5/c28-24-21(14-19(30)22-23(24)26(32)17-11-5-4-10-16(17)25(22)31)34-20-13-7-6-12-18(20)29-27(33)15-8-2-1-3-9-15/h1-14,30H,28H2,(H,29,33). The maximum Gasteiger partial charge on any atom is 0.255 e. The number of phenolic OH excluding ortho intramolecular Hbond substituents is 1. The lowest BCUT2D eigenvalue weighted by molar-refractivity contribution is 0.0977. The molecule has 0 aliphatic heterocycles. The second-order valence-corrected chi connectivity index (χ2v) is 7.68. The summed E-state index contributed by atoms with van der Waals surface area (Å²) in [6, 6.07) is 22.9. The maximum atomic E-state index is 13.1. The fourth-order valence-electron chi connectivity index (χ4n) is 3.92. The van der Waals surface area contributed by atoms with Gasteiger partial charge in [-0.25, -0.2) is 0 Å². The quantitative estimate of drug-likeness (QED) is 0.267. The predicted molar refractivity (Wildman–Crippen MR) is 127 cm³/mol. The van der Waals surface area contributed by atoms with Crippen LogP contribution in [0.15, 0.2) is 84.9 Å². The number of rotatable bonds is 4. The molecule has 5 rings (SSSR count). The predicted octanol–water partition coefficient (Wildman–Crippen LogP) is 4.79. The van der Waals surface area contributed by atoms with Gasteiger partial charge < -0.3 is 20.9 Å². The van der Waals surface area contributed by atoms with Crippen molar-refractivity contribution in [3.63, 3.8) is 0 Å². The lowest BCUT2D eigenvalue weighted by atomic mass is 9.82. The molecule has 4 aromatic carbocycles. The number of fused-ring (bicyclic) bond motifs is 2. The van der Waals surface area contributed by atoms with E-state index in [2.05, 4.69) is 5.32 Å². The first-order valence-corrected chi connectivity index (χ1v) is 10.4. The van der Waals surface area contributed by atoms with Gasteiger partial charge >= 0.3 is 0 Å². The van der Waals surface area contributed by atoms with Crippen molar-refractivity contribution in [1.29, 1.82) is 0 Å². The van der Waals surface area contributed by atoms with Crippen molar-refractivity contribution >= 4 is 28.8 Å². The number of ether oxygens (including phenoxy) is 1. The van der Waals surface area contributed by atoms with Crippen LogP contribution < -0.4 is 15.8 Å². The van der Waals surface area contributed by atoms with Gasteiger partial charge in [-0.05, 0) is 24.3 Å². The average molecular weight is 450 g/mol. The molecule has 0 saturated carbocycles. The van der Waals surface area contributed by atoms with Crippen molar-refractivity contribution in [2.75, 3.05) is 11.1 Å². The van der Waals surface area contributed by atoms with Gasteiger partial charge in [-0.15, -0.1) is 0 Å². The van der Waals surface area contributed by atoms with E-state index in [4.69, 9.17) is 10.5 Å². The fourth-order valence-corrected chi connectivity index (χ4v) is 3.92. The van der Waals surface area contributed by atoms with Crippen LogP contribution in [0.4, 0.5) is 11.4 Å². The number of ketones is 2. The number of carbonyl (C=O) groups excluding carboxylic acids is 3. The van der Waals surface area contributed by atoms with Crippen LogP contribution in [0.2, 0.25) is 0 Å². The molecule has 7 nitrogen and oxygen atoms in total. The zero-order chi connectivity index (χ0) is 23.8. The van der Waals surface area contributed by atoms with Gasteiger partial charge in [0.1, 0.15) is 5.75 Å². The van der Waals surface area contributed by atoms with E-state index in [1.165, 1.54) is 18.2 Å².